The Bertz CT molecular complexity index is 1100. The largest absolute Gasteiger partial charge is 0.493 e. The molecule has 0 spiro atoms. The number of carbonyl (C=O) groups is 1. The summed E-state index contributed by atoms with van der Waals surface area (Å²) < 4.78 is 56.3. The molecule has 1 heterocycles. The number of piperazine rings is 1. The third-order valence-corrected chi connectivity index (χ3v) is 7.40. The van der Waals surface area contributed by atoms with Crippen molar-refractivity contribution in [1.82, 2.24) is 4.90 Å². The van der Waals surface area contributed by atoms with E-state index in [9.17, 15) is 18.0 Å². The monoisotopic (exact) mass is 535 g/mol. The SMILES string of the molecule is COc1ccc(N2CCN(C(=O)COC3CCC(Nc4ccc(C)c(C(F)(F)F)c4)CC3)CC2)cc1OC. The molecule has 1 aliphatic carbocycles. The second-order valence-corrected chi connectivity index (χ2v) is 9.86. The van der Waals surface area contributed by atoms with Gasteiger partial charge in [0.1, 0.15) is 6.61 Å². The summed E-state index contributed by atoms with van der Waals surface area (Å²) in [6.07, 6.45) is -1.31. The van der Waals surface area contributed by atoms with Crippen molar-refractivity contribution in [2.75, 3.05) is 57.2 Å². The summed E-state index contributed by atoms with van der Waals surface area (Å²) in [6, 6.07) is 10.3. The maximum atomic E-state index is 13.2. The number of halogens is 3. The molecule has 0 radical (unpaired) electrons. The number of alkyl halides is 3. The van der Waals surface area contributed by atoms with Gasteiger partial charge in [-0.1, -0.05) is 6.07 Å². The Morgan fingerprint density at radius 2 is 1.63 bits per heavy atom. The molecule has 1 saturated heterocycles. The minimum absolute atomic E-state index is 0.0171. The van der Waals surface area contributed by atoms with Crippen LogP contribution < -0.4 is 19.7 Å². The number of rotatable bonds is 8. The molecule has 38 heavy (non-hydrogen) atoms. The van der Waals surface area contributed by atoms with Crippen LogP contribution in [-0.2, 0) is 15.7 Å². The summed E-state index contributed by atoms with van der Waals surface area (Å²) in [7, 11) is 3.21. The molecule has 4 rings (SSSR count). The number of nitrogens with zero attached hydrogens (tertiary/aromatic N) is 2. The fourth-order valence-electron chi connectivity index (χ4n) is 5.14. The maximum Gasteiger partial charge on any atom is 0.416 e. The van der Waals surface area contributed by atoms with E-state index >= 15 is 0 Å². The van der Waals surface area contributed by atoms with Gasteiger partial charge in [0.15, 0.2) is 11.5 Å². The predicted molar refractivity (Wildman–Crippen MR) is 140 cm³/mol. The molecule has 0 bridgehead atoms. The molecule has 2 aromatic carbocycles. The molecule has 208 valence electrons. The molecule has 1 amide bonds. The van der Waals surface area contributed by atoms with Gasteiger partial charge in [0.2, 0.25) is 5.91 Å². The van der Waals surface area contributed by atoms with Crippen LogP contribution in [0, 0.1) is 6.92 Å². The van der Waals surface area contributed by atoms with E-state index in [1.807, 2.05) is 23.1 Å². The third kappa shape index (κ3) is 6.83. The normalized spacial score (nSPS) is 20.3. The van der Waals surface area contributed by atoms with Gasteiger partial charge < -0.3 is 29.3 Å². The highest BCUT2D eigenvalue weighted by molar-refractivity contribution is 5.77. The minimum Gasteiger partial charge on any atom is -0.493 e. The van der Waals surface area contributed by atoms with Crippen molar-refractivity contribution in [1.29, 1.82) is 0 Å². The van der Waals surface area contributed by atoms with Gasteiger partial charge in [0.05, 0.1) is 25.9 Å². The molecule has 0 unspecified atom stereocenters. The number of carbonyl (C=O) groups excluding carboxylic acids is 1. The van der Waals surface area contributed by atoms with Crippen molar-refractivity contribution in [3.8, 4) is 11.5 Å². The summed E-state index contributed by atoms with van der Waals surface area (Å²) in [4.78, 5) is 16.8. The summed E-state index contributed by atoms with van der Waals surface area (Å²) in [5, 5.41) is 3.24. The lowest BCUT2D eigenvalue weighted by Gasteiger charge is -2.36. The van der Waals surface area contributed by atoms with Gasteiger partial charge in [-0.25, -0.2) is 0 Å². The topological polar surface area (TPSA) is 63.3 Å². The number of aryl methyl sites for hydroxylation is 1. The summed E-state index contributed by atoms with van der Waals surface area (Å²) in [5.41, 5.74) is 1.11. The van der Waals surface area contributed by atoms with E-state index in [1.54, 1.807) is 20.3 Å². The Morgan fingerprint density at radius 1 is 0.947 bits per heavy atom. The van der Waals surface area contributed by atoms with E-state index in [2.05, 4.69) is 10.2 Å². The van der Waals surface area contributed by atoms with Crippen molar-refractivity contribution in [2.45, 2.75) is 50.9 Å². The average Bonchev–Trinajstić information content (AvgIpc) is 2.92. The van der Waals surface area contributed by atoms with Crippen LogP contribution in [0.15, 0.2) is 36.4 Å². The van der Waals surface area contributed by atoms with Gasteiger partial charge in [0, 0.05) is 49.7 Å². The summed E-state index contributed by atoms with van der Waals surface area (Å²) >= 11 is 0. The van der Waals surface area contributed by atoms with Crippen LogP contribution in [0.1, 0.15) is 36.8 Å². The van der Waals surface area contributed by atoms with Crippen molar-refractivity contribution in [3.63, 3.8) is 0 Å². The highest BCUT2D eigenvalue weighted by Gasteiger charge is 2.33. The van der Waals surface area contributed by atoms with Gasteiger partial charge in [0.25, 0.3) is 0 Å². The maximum absolute atomic E-state index is 13.2. The molecule has 7 nitrogen and oxygen atoms in total. The molecule has 10 heteroatoms. The minimum atomic E-state index is -4.37. The van der Waals surface area contributed by atoms with Gasteiger partial charge in [-0.3, -0.25) is 4.79 Å². The molecule has 0 atom stereocenters. The first-order valence-corrected chi connectivity index (χ1v) is 13.0. The van der Waals surface area contributed by atoms with Crippen molar-refractivity contribution < 1.29 is 32.2 Å². The highest BCUT2D eigenvalue weighted by atomic mass is 19.4. The zero-order valence-electron chi connectivity index (χ0n) is 22.1. The smallest absolute Gasteiger partial charge is 0.416 e. The third-order valence-electron chi connectivity index (χ3n) is 7.40. The van der Waals surface area contributed by atoms with E-state index in [0.29, 0.717) is 43.4 Å². The molecule has 1 saturated carbocycles. The number of methoxy groups -OCH3 is 2. The van der Waals surface area contributed by atoms with Crippen LogP contribution >= 0.6 is 0 Å². The fourth-order valence-corrected chi connectivity index (χ4v) is 5.14. The van der Waals surface area contributed by atoms with Gasteiger partial charge in [-0.05, 0) is 62.4 Å². The molecule has 2 aliphatic rings. The lowest BCUT2D eigenvalue weighted by Crippen LogP contribution is -2.50. The lowest BCUT2D eigenvalue weighted by molar-refractivity contribution is -0.139. The molecule has 0 aromatic heterocycles. The van der Waals surface area contributed by atoms with Gasteiger partial charge in [-0.2, -0.15) is 13.2 Å². The second-order valence-electron chi connectivity index (χ2n) is 9.86. The number of amides is 1. The van der Waals surface area contributed by atoms with Crippen LogP contribution in [-0.4, -0.2) is 70.0 Å². The quantitative estimate of drug-likeness (QED) is 0.507. The number of hydrogen-bond donors (Lipinski definition) is 1. The Hall–Kier alpha value is -3.14. The molecular weight excluding hydrogens is 499 g/mol. The number of nitrogens with one attached hydrogen (secondary N) is 1. The zero-order valence-corrected chi connectivity index (χ0v) is 22.1. The van der Waals surface area contributed by atoms with E-state index in [1.165, 1.54) is 19.1 Å². The Balaban J connectivity index is 1.19. The van der Waals surface area contributed by atoms with Gasteiger partial charge in [-0.15, -0.1) is 0 Å². The van der Waals surface area contributed by atoms with E-state index < -0.39 is 11.7 Å². The van der Waals surface area contributed by atoms with Crippen LogP contribution in [0.2, 0.25) is 0 Å². The van der Waals surface area contributed by atoms with E-state index in [0.717, 1.165) is 31.4 Å². The number of benzene rings is 2. The molecule has 2 aromatic rings. The van der Waals surface area contributed by atoms with Gasteiger partial charge >= 0.3 is 6.18 Å². The molecule has 2 fully saturated rings. The first-order chi connectivity index (χ1) is 18.2. The van der Waals surface area contributed by atoms with Crippen molar-refractivity contribution in [3.05, 3.63) is 47.5 Å². The fraction of sp³-hybridized carbons (Fsp3) is 0.536. The predicted octanol–water partition coefficient (Wildman–Crippen LogP) is 5.12. The van der Waals surface area contributed by atoms with Crippen LogP contribution in [0.4, 0.5) is 24.5 Å². The Labute approximate surface area is 221 Å². The zero-order chi connectivity index (χ0) is 27.3. The lowest BCUT2D eigenvalue weighted by atomic mass is 9.92. The second kappa shape index (κ2) is 12.1. The van der Waals surface area contributed by atoms with Crippen LogP contribution in [0.5, 0.6) is 11.5 Å². The first-order valence-electron chi connectivity index (χ1n) is 13.0. The van der Waals surface area contributed by atoms with Crippen molar-refractivity contribution >= 4 is 17.3 Å². The highest BCUT2D eigenvalue weighted by Crippen LogP contribution is 2.35. The summed E-state index contributed by atoms with van der Waals surface area (Å²) in [6.45, 7) is 4.17. The molecule has 1 aliphatic heterocycles. The van der Waals surface area contributed by atoms with Crippen LogP contribution in [0.25, 0.3) is 0 Å². The number of ether oxygens (including phenoxy) is 3. The molecule has 1 N–H and O–H groups in total. The van der Waals surface area contributed by atoms with E-state index in [-0.39, 0.29) is 30.2 Å². The van der Waals surface area contributed by atoms with Crippen LogP contribution in [0.3, 0.4) is 0 Å². The van der Waals surface area contributed by atoms with Crippen molar-refractivity contribution in [2.24, 2.45) is 0 Å². The number of anilines is 2. The summed E-state index contributed by atoms with van der Waals surface area (Å²) in [5.74, 6) is 1.33. The number of hydrogen-bond acceptors (Lipinski definition) is 6. The van der Waals surface area contributed by atoms with E-state index in [4.69, 9.17) is 14.2 Å². The first kappa shape index (κ1) is 27.9. The Morgan fingerprint density at radius 3 is 2.26 bits per heavy atom. The Kier molecular flexibility index (Phi) is 8.91. The molecular formula is C28H36F3N3O4. The standard InChI is InChI=1S/C28H36F3N3O4/c1-19-4-5-21(16-24(19)28(29,30)31)32-20-6-9-23(10-7-20)38-18-27(35)34-14-12-33(13-15-34)22-8-11-25(36-2)26(17-22)37-3/h4-5,8,11,16-17,20,23,32H,6-7,9-10,12-15,18H2,1-3H3. The average molecular weight is 536 g/mol.